The van der Waals surface area contributed by atoms with Crippen LogP contribution in [0.3, 0.4) is 0 Å². The first kappa shape index (κ1) is 14.0. The predicted octanol–water partition coefficient (Wildman–Crippen LogP) is 3.01. The highest BCUT2D eigenvalue weighted by molar-refractivity contribution is 5.83. The molecule has 0 aliphatic heterocycles. The molecule has 4 atom stereocenters. The second kappa shape index (κ2) is 4.71. The molecule has 0 aromatic carbocycles. The summed E-state index contributed by atoms with van der Waals surface area (Å²) in [5.41, 5.74) is 0.308. The third-order valence-electron chi connectivity index (χ3n) is 6.88. The van der Waals surface area contributed by atoms with Crippen molar-refractivity contribution in [3.8, 4) is 0 Å². The Labute approximate surface area is 127 Å². The van der Waals surface area contributed by atoms with Crippen molar-refractivity contribution in [3.63, 3.8) is 0 Å². The van der Waals surface area contributed by atoms with Crippen LogP contribution in [0.1, 0.15) is 71.1 Å². The van der Waals surface area contributed by atoms with Crippen molar-refractivity contribution in [3.05, 3.63) is 0 Å². The summed E-state index contributed by atoms with van der Waals surface area (Å²) in [6.07, 6.45) is 11.0. The standard InChI is InChI=1S/C18H29NO2/c1-17-7-12-6-13(8-17)10-18(9-12,11-17)16(21)19-14-4-2-3-5-15(14)20/h12-15,20H,2-11H2,1H3,(H,19,21)/t12?,13?,14-,15-,17?,18?/m0/s1. The smallest absolute Gasteiger partial charge is 0.226 e. The van der Waals surface area contributed by atoms with Gasteiger partial charge in [0.25, 0.3) is 0 Å². The molecule has 0 aromatic rings. The van der Waals surface area contributed by atoms with Crippen LogP contribution in [0.4, 0.5) is 0 Å². The Morgan fingerprint density at radius 2 is 1.76 bits per heavy atom. The number of aliphatic hydroxyl groups is 1. The van der Waals surface area contributed by atoms with E-state index in [9.17, 15) is 9.90 Å². The first-order valence-corrected chi connectivity index (χ1v) is 8.97. The molecule has 1 amide bonds. The molecule has 0 aromatic heterocycles. The van der Waals surface area contributed by atoms with Crippen molar-refractivity contribution in [2.75, 3.05) is 0 Å². The molecular formula is C18H29NO2. The molecule has 5 rings (SSSR count). The van der Waals surface area contributed by atoms with Crippen LogP contribution >= 0.6 is 0 Å². The maximum Gasteiger partial charge on any atom is 0.226 e. The Bertz CT molecular complexity index is 432. The monoisotopic (exact) mass is 291 g/mol. The summed E-state index contributed by atoms with van der Waals surface area (Å²) < 4.78 is 0. The van der Waals surface area contributed by atoms with Crippen molar-refractivity contribution in [1.82, 2.24) is 5.32 Å². The molecule has 3 nitrogen and oxygen atoms in total. The largest absolute Gasteiger partial charge is 0.391 e. The van der Waals surface area contributed by atoms with Crippen LogP contribution in [-0.2, 0) is 4.79 Å². The van der Waals surface area contributed by atoms with Crippen molar-refractivity contribution >= 4 is 5.91 Å². The van der Waals surface area contributed by atoms with E-state index in [-0.39, 0.29) is 23.5 Å². The summed E-state index contributed by atoms with van der Waals surface area (Å²) in [5.74, 6) is 1.82. The molecule has 3 heteroatoms. The Morgan fingerprint density at radius 3 is 2.38 bits per heavy atom. The second-order valence-electron chi connectivity index (χ2n) is 8.98. The van der Waals surface area contributed by atoms with Crippen molar-refractivity contribution in [2.45, 2.75) is 83.3 Å². The Balaban J connectivity index is 1.51. The number of nitrogens with one attached hydrogen (secondary N) is 1. The Kier molecular flexibility index (Phi) is 3.15. The molecule has 0 spiro atoms. The summed E-state index contributed by atoms with van der Waals surface area (Å²) in [6, 6.07) is 0.00654. The van der Waals surface area contributed by atoms with Crippen LogP contribution in [0, 0.1) is 22.7 Å². The number of amides is 1. The van der Waals surface area contributed by atoms with Gasteiger partial charge in [-0.3, -0.25) is 4.79 Å². The van der Waals surface area contributed by atoms with Gasteiger partial charge in [0.15, 0.2) is 0 Å². The maximum absolute atomic E-state index is 13.0. The van der Waals surface area contributed by atoms with E-state index in [2.05, 4.69) is 12.2 Å². The third-order valence-corrected chi connectivity index (χ3v) is 6.88. The minimum absolute atomic E-state index is 0.00654. The predicted molar refractivity (Wildman–Crippen MR) is 81.6 cm³/mol. The fourth-order valence-electron chi connectivity index (χ4n) is 6.59. The number of aliphatic hydroxyl groups excluding tert-OH is 1. The fourth-order valence-corrected chi connectivity index (χ4v) is 6.59. The average molecular weight is 291 g/mol. The van der Waals surface area contributed by atoms with Gasteiger partial charge in [-0.25, -0.2) is 0 Å². The lowest BCUT2D eigenvalue weighted by atomic mass is 9.44. The number of carbonyl (C=O) groups is 1. The maximum atomic E-state index is 13.0. The normalized spacial score (nSPS) is 51.9. The zero-order chi connectivity index (χ0) is 14.7. The van der Waals surface area contributed by atoms with Crippen molar-refractivity contribution in [2.24, 2.45) is 22.7 Å². The van der Waals surface area contributed by atoms with E-state index in [1.54, 1.807) is 0 Å². The second-order valence-corrected chi connectivity index (χ2v) is 8.98. The third kappa shape index (κ3) is 2.32. The van der Waals surface area contributed by atoms with Crippen LogP contribution < -0.4 is 5.32 Å². The topological polar surface area (TPSA) is 49.3 Å². The minimum Gasteiger partial charge on any atom is -0.391 e. The van der Waals surface area contributed by atoms with Crippen molar-refractivity contribution in [1.29, 1.82) is 0 Å². The van der Waals surface area contributed by atoms with E-state index in [0.717, 1.165) is 56.8 Å². The van der Waals surface area contributed by atoms with E-state index in [1.165, 1.54) is 19.3 Å². The van der Waals surface area contributed by atoms with E-state index in [1.807, 2.05) is 0 Å². The van der Waals surface area contributed by atoms with Crippen LogP contribution in [0.25, 0.3) is 0 Å². The molecule has 21 heavy (non-hydrogen) atoms. The first-order valence-electron chi connectivity index (χ1n) is 8.97. The first-order chi connectivity index (χ1) is 9.98. The molecule has 118 valence electrons. The van der Waals surface area contributed by atoms with Gasteiger partial charge >= 0.3 is 0 Å². The van der Waals surface area contributed by atoms with Crippen LogP contribution in [-0.4, -0.2) is 23.2 Å². The molecule has 5 aliphatic rings. The van der Waals surface area contributed by atoms with Gasteiger partial charge in [0.05, 0.1) is 17.6 Å². The van der Waals surface area contributed by atoms with Crippen molar-refractivity contribution < 1.29 is 9.90 Å². The van der Waals surface area contributed by atoms with Gasteiger partial charge in [-0.05, 0) is 68.6 Å². The highest BCUT2D eigenvalue weighted by Crippen LogP contribution is 2.65. The molecular weight excluding hydrogens is 262 g/mol. The van der Waals surface area contributed by atoms with Gasteiger partial charge < -0.3 is 10.4 Å². The molecule has 0 radical (unpaired) electrons. The number of carbonyl (C=O) groups excluding carboxylic acids is 1. The highest BCUT2D eigenvalue weighted by Gasteiger charge is 2.59. The Morgan fingerprint density at radius 1 is 1.10 bits per heavy atom. The molecule has 2 N–H and O–H groups in total. The lowest BCUT2D eigenvalue weighted by molar-refractivity contribution is -0.157. The lowest BCUT2D eigenvalue weighted by Crippen LogP contribution is -2.59. The summed E-state index contributed by atoms with van der Waals surface area (Å²) in [6.45, 7) is 2.40. The van der Waals surface area contributed by atoms with E-state index in [0.29, 0.717) is 5.41 Å². The zero-order valence-corrected chi connectivity index (χ0v) is 13.2. The van der Waals surface area contributed by atoms with Crippen LogP contribution in [0.2, 0.25) is 0 Å². The molecule has 5 saturated carbocycles. The molecule has 2 unspecified atom stereocenters. The van der Waals surface area contributed by atoms with E-state index in [4.69, 9.17) is 0 Å². The summed E-state index contributed by atoms with van der Waals surface area (Å²) in [7, 11) is 0. The van der Waals surface area contributed by atoms with Gasteiger partial charge in [0, 0.05) is 0 Å². The Hall–Kier alpha value is -0.570. The van der Waals surface area contributed by atoms with Gasteiger partial charge in [-0.1, -0.05) is 19.8 Å². The minimum atomic E-state index is -0.327. The van der Waals surface area contributed by atoms with Crippen LogP contribution in [0.5, 0.6) is 0 Å². The average Bonchev–Trinajstić information content (AvgIpc) is 2.38. The summed E-state index contributed by atoms with van der Waals surface area (Å²) >= 11 is 0. The summed E-state index contributed by atoms with van der Waals surface area (Å²) in [5, 5.41) is 13.4. The van der Waals surface area contributed by atoms with Gasteiger partial charge in [0.2, 0.25) is 5.91 Å². The lowest BCUT2D eigenvalue weighted by Gasteiger charge is -2.60. The van der Waals surface area contributed by atoms with Gasteiger partial charge in [-0.15, -0.1) is 0 Å². The molecule has 0 saturated heterocycles. The summed E-state index contributed by atoms with van der Waals surface area (Å²) in [4.78, 5) is 13.0. The molecule has 0 heterocycles. The highest BCUT2D eigenvalue weighted by atomic mass is 16.3. The quantitative estimate of drug-likeness (QED) is 0.821. The SMILES string of the molecule is CC12CC3CC(C1)CC(C(=O)N[C@H]1CCCC[C@@H]1O)(C3)C2. The molecule has 4 bridgehead atoms. The van der Waals surface area contributed by atoms with Gasteiger partial charge in [-0.2, -0.15) is 0 Å². The van der Waals surface area contributed by atoms with Gasteiger partial charge in [0.1, 0.15) is 0 Å². The number of hydrogen-bond acceptors (Lipinski definition) is 2. The van der Waals surface area contributed by atoms with E-state index < -0.39 is 0 Å². The molecule has 5 aliphatic carbocycles. The molecule has 5 fully saturated rings. The van der Waals surface area contributed by atoms with Crippen LogP contribution in [0.15, 0.2) is 0 Å². The zero-order valence-electron chi connectivity index (χ0n) is 13.2. The fraction of sp³-hybridized carbons (Fsp3) is 0.944. The number of hydrogen-bond donors (Lipinski definition) is 2. The van der Waals surface area contributed by atoms with E-state index >= 15 is 0 Å². The number of rotatable bonds is 2.